The Labute approximate surface area is 174 Å². The Bertz CT molecular complexity index is 1220. The predicted octanol–water partition coefficient (Wildman–Crippen LogP) is 5.04. The molecular weight excluding hydrogens is 378 g/mol. The zero-order valence-corrected chi connectivity index (χ0v) is 16.8. The molecule has 1 heterocycles. The van der Waals surface area contributed by atoms with Crippen molar-refractivity contribution in [2.75, 3.05) is 26.1 Å². The molecule has 0 fully saturated rings. The second-order valence-corrected chi connectivity index (χ2v) is 6.70. The van der Waals surface area contributed by atoms with E-state index in [1.807, 2.05) is 60.7 Å². The van der Waals surface area contributed by atoms with Gasteiger partial charge in [-0.1, -0.05) is 42.5 Å². The van der Waals surface area contributed by atoms with Crippen LogP contribution in [0.2, 0.25) is 0 Å². The maximum absolute atomic E-state index is 9.49. The smallest absolute Gasteiger partial charge is 0.232 e. The minimum absolute atomic E-state index is 0.241. The van der Waals surface area contributed by atoms with Gasteiger partial charge in [0.15, 0.2) is 11.5 Å². The standard InChI is InChI=1S/C24H21N3O3/c1-28-21-11-10-16(14-22(21)29-2)12-13-26-24-20(15-25)27-23(30-24)19-9-5-7-17-6-3-4-8-18(17)19/h3-11,14,26H,12-13H2,1-2H3. The van der Waals surface area contributed by atoms with E-state index in [4.69, 9.17) is 13.9 Å². The molecule has 0 unspecified atom stereocenters. The van der Waals surface area contributed by atoms with Crippen molar-refractivity contribution in [3.05, 3.63) is 71.9 Å². The normalized spacial score (nSPS) is 10.6. The highest BCUT2D eigenvalue weighted by Gasteiger charge is 2.16. The number of hydrogen-bond acceptors (Lipinski definition) is 6. The summed E-state index contributed by atoms with van der Waals surface area (Å²) < 4.78 is 16.5. The molecule has 0 spiro atoms. The molecule has 1 aromatic heterocycles. The molecule has 6 heteroatoms. The van der Waals surface area contributed by atoms with Crippen LogP contribution in [0.4, 0.5) is 5.88 Å². The fraction of sp³-hybridized carbons (Fsp3) is 0.167. The Morgan fingerprint density at radius 1 is 1.00 bits per heavy atom. The zero-order chi connectivity index (χ0) is 20.9. The summed E-state index contributed by atoms with van der Waals surface area (Å²) in [6.45, 7) is 0.578. The molecule has 4 aromatic rings. The molecule has 0 atom stereocenters. The first-order valence-electron chi connectivity index (χ1n) is 9.57. The average Bonchev–Trinajstić information content (AvgIpc) is 3.21. The van der Waals surface area contributed by atoms with Gasteiger partial charge in [0.1, 0.15) is 6.07 Å². The maximum atomic E-state index is 9.49. The molecule has 0 radical (unpaired) electrons. The number of anilines is 1. The van der Waals surface area contributed by atoms with Crippen molar-refractivity contribution in [2.45, 2.75) is 6.42 Å². The topological polar surface area (TPSA) is 80.3 Å². The molecule has 0 aliphatic carbocycles. The lowest BCUT2D eigenvalue weighted by molar-refractivity contribution is 0.354. The van der Waals surface area contributed by atoms with Crippen LogP contribution in [0.3, 0.4) is 0 Å². The van der Waals surface area contributed by atoms with E-state index in [9.17, 15) is 5.26 Å². The van der Waals surface area contributed by atoms with Crippen LogP contribution < -0.4 is 14.8 Å². The number of fused-ring (bicyclic) bond motifs is 1. The van der Waals surface area contributed by atoms with Crippen LogP contribution >= 0.6 is 0 Å². The summed E-state index contributed by atoms with van der Waals surface area (Å²) >= 11 is 0. The summed E-state index contributed by atoms with van der Waals surface area (Å²) in [4.78, 5) is 4.40. The van der Waals surface area contributed by atoms with Gasteiger partial charge >= 0.3 is 0 Å². The van der Waals surface area contributed by atoms with Crippen LogP contribution in [0.1, 0.15) is 11.3 Å². The number of methoxy groups -OCH3 is 2. The van der Waals surface area contributed by atoms with Gasteiger partial charge in [0.25, 0.3) is 0 Å². The lowest BCUT2D eigenvalue weighted by Gasteiger charge is -2.09. The number of aromatic nitrogens is 1. The highest BCUT2D eigenvalue weighted by molar-refractivity contribution is 5.94. The van der Waals surface area contributed by atoms with E-state index >= 15 is 0 Å². The predicted molar refractivity (Wildman–Crippen MR) is 116 cm³/mol. The molecule has 150 valence electrons. The Morgan fingerprint density at radius 2 is 1.80 bits per heavy atom. The van der Waals surface area contributed by atoms with Crippen LogP contribution in [0.5, 0.6) is 11.5 Å². The number of rotatable bonds is 7. The van der Waals surface area contributed by atoms with Crippen molar-refractivity contribution < 1.29 is 13.9 Å². The van der Waals surface area contributed by atoms with Crippen LogP contribution in [0, 0.1) is 11.3 Å². The molecule has 4 rings (SSSR count). The average molecular weight is 399 g/mol. The fourth-order valence-electron chi connectivity index (χ4n) is 3.40. The van der Waals surface area contributed by atoms with Gasteiger partial charge in [0.05, 0.1) is 14.2 Å². The van der Waals surface area contributed by atoms with E-state index < -0.39 is 0 Å². The van der Waals surface area contributed by atoms with Gasteiger partial charge in [-0.25, -0.2) is 0 Å². The summed E-state index contributed by atoms with van der Waals surface area (Å²) in [5.41, 5.74) is 2.18. The van der Waals surface area contributed by atoms with Crippen LogP contribution in [-0.4, -0.2) is 25.7 Å². The third-order valence-electron chi connectivity index (χ3n) is 4.90. The number of nitriles is 1. The molecular formula is C24H21N3O3. The molecule has 30 heavy (non-hydrogen) atoms. The van der Waals surface area contributed by atoms with E-state index in [1.54, 1.807) is 14.2 Å². The highest BCUT2D eigenvalue weighted by atomic mass is 16.5. The number of nitrogens with one attached hydrogen (secondary N) is 1. The van der Waals surface area contributed by atoms with Gasteiger partial charge in [-0.05, 0) is 41.0 Å². The molecule has 1 N–H and O–H groups in total. The van der Waals surface area contributed by atoms with Gasteiger partial charge < -0.3 is 19.2 Å². The quantitative estimate of drug-likeness (QED) is 0.469. The van der Waals surface area contributed by atoms with Gasteiger partial charge in [0.2, 0.25) is 17.5 Å². The zero-order valence-electron chi connectivity index (χ0n) is 16.8. The van der Waals surface area contributed by atoms with Crippen molar-refractivity contribution in [1.29, 1.82) is 5.26 Å². The second kappa shape index (κ2) is 8.58. The summed E-state index contributed by atoms with van der Waals surface area (Å²) in [6, 6.07) is 21.9. The number of nitrogens with zero attached hydrogens (tertiary/aromatic N) is 2. The van der Waals surface area contributed by atoms with Gasteiger partial charge in [0, 0.05) is 12.1 Å². The minimum Gasteiger partial charge on any atom is -0.493 e. The number of benzene rings is 3. The lowest BCUT2D eigenvalue weighted by Crippen LogP contribution is -2.05. The van der Waals surface area contributed by atoms with E-state index in [2.05, 4.69) is 16.4 Å². The molecule has 0 aliphatic rings. The third-order valence-corrected chi connectivity index (χ3v) is 4.90. The first-order chi connectivity index (χ1) is 14.7. The van der Waals surface area contributed by atoms with E-state index in [-0.39, 0.29) is 5.69 Å². The summed E-state index contributed by atoms with van der Waals surface area (Å²) in [5, 5.41) is 14.8. The lowest BCUT2D eigenvalue weighted by atomic mass is 10.0. The largest absolute Gasteiger partial charge is 0.493 e. The van der Waals surface area contributed by atoms with Crippen molar-refractivity contribution in [1.82, 2.24) is 4.98 Å². The molecule has 0 bridgehead atoms. The Hall–Kier alpha value is -3.98. The van der Waals surface area contributed by atoms with Crippen LogP contribution in [0.25, 0.3) is 22.2 Å². The summed E-state index contributed by atoms with van der Waals surface area (Å²) in [5.74, 6) is 2.18. The summed E-state index contributed by atoms with van der Waals surface area (Å²) in [6.07, 6.45) is 0.718. The van der Waals surface area contributed by atoms with E-state index in [0.29, 0.717) is 29.8 Å². The van der Waals surface area contributed by atoms with Crippen molar-refractivity contribution in [3.8, 4) is 29.0 Å². The van der Waals surface area contributed by atoms with E-state index in [0.717, 1.165) is 28.3 Å². The monoisotopic (exact) mass is 399 g/mol. The first-order valence-corrected chi connectivity index (χ1v) is 9.57. The van der Waals surface area contributed by atoms with Crippen LogP contribution in [-0.2, 0) is 6.42 Å². The molecule has 6 nitrogen and oxygen atoms in total. The van der Waals surface area contributed by atoms with Crippen LogP contribution in [0.15, 0.2) is 65.1 Å². The third kappa shape index (κ3) is 3.78. The minimum atomic E-state index is 0.241. The molecule has 0 amide bonds. The van der Waals surface area contributed by atoms with Gasteiger partial charge in [-0.2, -0.15) is 10.2 Å². The van der Waals surface area contributed by atoms with E-state index in [1.165, 1.54) is 0 Å². The molecule has 0 saturated heterocycles. The molecule has 0 saturated carbocycles. The Morgan fingerprint density at radius 3 is 2.60 bits per heavy atom. The Kier molecular flexibility index (Phi) is 5.53. The van der Waals surface area contributed by atoms with Gasteiger partial charge in [-0.15, -0.1) is 0 Å². The first kappa shape index (κ1) is 19.3. The number of ether oxygens (including phenoxy) is 2. The van der Waals surface area contributed by atoms with Crippen molar-refractivity contribution in [2.24, 2.45) is 0 Å². The van der Waals surface area contributed by atoms with Crippen molar-refractivity contribution >= 4 is 16.7 Å². The Balaban J connectivity index is 1.53. The highest BCUT2D eigenvalue weighted by Crippen LogP contribution is 2.31. The fourth-order valence-corrected chi connectivity index (χ4v) is 3.40. The number of hydrogen-bond donors (Lipinski definition) is 1. The second-order valence-electron chi connectivity index (χ2n) is 6.70. The SMILES string of the molecule is COc1ccc(CCNc2oc(-c3cccc4ccccc34)nc2C#N)cc1OC. The maximum Gasteiger partial charge on any atom is 0.232 e. The molecule has 0 aliphatic heterocycles. The van der Waals surface area contributed by atoms with Crippen molar-refractivity contribution in [3.63, 3.8) is 0 Å². The summed E-state index contributed by atoms with van der Waals surface area (Å²) in [7, 11) is 3.22. The number of oxazole rings is 1. The van der Waals surface area contributed by atoms with Gasteiger partial charge in [-0.3, -0.25) is 0 Å². The molecule has 3 aromatic carbocycles.